The highest BCUT2D eigenvalue weighted by Gasteiger charge is 2.22. The predicted octanol–water partition coefficient (Wildman–Crippen LogP) is 2.22. The van der Waals surface area contributed by atoms with Crippen LogP contribution >= 0.6 is 0 Å². The number of amides is 1. The van der Waals surface area contributed by atoms with Gasteiger partial charge in [-0.15, -0.1) is 0 Å². The Balaban J connectivity index is 1.78. The summed E-state index contributed by atoms with van der Waals surface area (Å²) >= 11 is 0. The Morgan fingerprint density at radius 1 is 0.875 bits per heavy atom. The number of nitrogens with one attached hydrogen (secondary N) is 1. The zero-order valence-electron chi connectivity index (χ0n) is 12.9. The van der Waals surface area contributed by atoms with Gasteiger partial charge in [-0.05, 0) is 11.1 Å². The molecule has 6 nitrogen and oxygen atoms in total. The average molecular weight is 327 g/mol. The van der Waals surface area contributed by atoms with Crippen molar-refractivity contribution in [2.75, 3.05) is 0 Å². The molecule has 1 N–H and O–H groups in total. The lowest BCUT2D eigenvalue weighted by Crippen LogP contribution is -2.43. The number of ether oxygens (including phenoxy) is 2. The molecular formula is C18H17NO5. The maximum absolute atomic E-state index is 11.8. The maximum atomic E-state index is 11.8. The van der Waals surface area contributed by atoms with Crippen LogP contribution in [0.1, 0.15) is 11.1 Å². The third-order valence-corrected chi connectivity index (χ3v) is 3.10. The number of benzene rings is 2. The number of carbonyl (C=O) groups excluding carboxylic acids is 3. The minimum atomic E-state index is -1.41. The minimum absolute atomic E-state index is 0.0186. The zero-order chi connectivity index (χ0) is 17.2. The molecule has 0 aliphatic rings. The largest absolute Gasteiger partial charge is 0.459 e. The highest BCUT2D eigenvalue weighted by Crippen LogP contribution is 2.03. The highest BCUT2D eigenvalue weighted by molar-refractivity contribution is 5.95. The van der Waals surface area contributed by atoms with Gasteiger partial charge in [-0.25, -0.2) is 9.59 Å². The molecule has 0 heterocycles. The van der Waals surface area contributed by atoms with Crippen LogP contribution in [-0.4, -0.2) is 24.4 Å². The van der Waals surface area contributed by atoms with Crippen LogP contribution in [0.25, 0.3) is 0 Å². The molecule has 1 unspecified atom stereocenters. The molecule has 0 aliphatic heterocycles. The molecule has 0 spiro atoms. The molecule has 1 atom stereocenters. The zero-order valence-corrected chi connectivity index (χ0v) is 12.9. The van der Waals surface area contributed by atoms with Gasteiger partial charge in [0.2, 0.25) is 0 Å². The van der Waals surface area contributed by atoms with Gasteiger partial charge in [-0.3, -0.25) is 0 Å². The molecular weight excluding hydrogens is 310 g/mol. The topological polar surface area (TPSA) is 81.7 Å². The second-order valence-electron chi connectivity index (χ2n) is 4.91. The van der Waals surface area contributed by atoms with Crippen molar-refractivity contribution in [3.63, 3.8) is 0 Å². The molecule has 2 aromatic rings. The van der Waals surface area contributed by atoms with Crippen LogP contribution in [0.15, 0.2) is 60.7 Å². The first-order chi connectivity index (χ1) is 11.7. The third kappa shape index (κ3) is 5.57. The summed E-state index contributed by atoms with van der Waals surface area (Å²) in [5, 5.41) is 2.17. The predicted molar refractivity (Wildman–Crippen MR) is 85.9 cm³/mol. The van der Waals surface area contributed by atoms with Gasteiger partial charge in [-0.2, -0.15) is 0 Å². The van der Waals surface area contributed by atoms with E-state index in [0.717, 1.165) is 11.1 Å². The smallest absolute Gasteiger partial charge is 0.408 e. The Morgan fingerprint density at radius 2 is 1.38 bits per heavy atom. The van der Waals surface area contributed by atoms with Crippen molar-refractivity contribution in [3.8, 4) is 0 Å². The van der Waals surface area contributed by atoms with Crippen LogP contribution in [-0.2, 0) is 32.3 Å². The Bertz CT molecular complexity index is 672. The molecule has 2 aromatic carbocycles. The fourth-order valence-corrected chi connectivity index (χ4v) is 1.86. The van der Waals surface area contributed by atoms with Crippen LogP contribution in [0.3, 0.4) is 0 Å². The number of carbonyl (C=O) groups is 3. The SMILES string of the molecule is O=CC(NC(=O)OCc1ccccc1)C(=O)OCc1ccccc1. The Morgan fingerprint density at radius 3 is 1.88 bits per heavy atom. The van der Waals surface area contributed by atoms with E-state index in [2.05, 4.69) is 5.32 Å². The van der Waals surface area contributed by atoms with Crippen molar-refractivity contribution in [2.24, 2.45) is 0 Å². The van der Waals surface area contributed by atoms with Gasteiger partial charge in [0.1, 0.15) is 13.2 Å². The van der Waals surface area contributed by atoms with Crippen molar-refractivity contribution >= 4 is 18.3 Å². The Labute approximate surface area is 139 Å². The summed E-state index contributed by atoms with van der Waals surface area (Å²) in [6.45, 7) is 0.0576. The number of alkyl carbamates (subject to hydrolysis) is 1. The van der Waals surface area contributed by atoms with Gasteiger partial charge in [0.15, 0.2) is 12.3 Å². The quantitative estimate of drug-likeness (QED) is 0.479. The molecule has 0 saturated carbocycles. The van der Waals surface area contributed by atoms with Gasteiger partial charge in [0.25, 0.3) is 0 Å². The first kappa shape index (κ1) is 17.2. The van der Waals surface area contributed by atoms with E-state index in [1.54, 1.807) is 36.4 Å². The molecule has 1 amide bonds. The van der Waals surface area contributed by atoms with E-state index in [0.29, 0.717) is 6.29 Å². The molecule has 0 fully saturated rings. The van der Waals surface area contributed by atoms with Gasteiger partial charge in [0, 0.05) is 0 Å². The first-order valence-electron chi connectivity index (χ1n) is 7.32. The van der Waals surface area contributed by atoms with Crippen molar-refractivity contribution < 1.29 is 23.9 Å². The first-order valence-corrected chi connectivity index (χ1v) is 7.32. The molecule has 0 saturated heterocycles. The van der Waals surface area contributed by atoms with Crippen LogP contribution in [0.5, 0.6) is 0 Å². The number of rotatable bonds is 7. The number of hydrogen-bond acceptors (Lipinski definition) is 5. The van der Waals surface area contributed by atoms with Crippen molar-refractivity contribution in [1.29, 1.82) is 0 Å². The second-order valence-corrected chi connectivity index (χ2v) is 4.91. The fourth-order valence-electron chi connectivity index (χ4n) is 1.86. The van der Waals surface area contributed by atoms with Crippen molar-refractivity contribution in [2.45, 2.75) is 19.3 Å². The summed E-state index contributed by atoms with van der Waals surface area (Å²) in [4.78, 5) is 34.5. The molecule has 2 rings (SSSR count). The normalized spacial score (nSPS) is 11.2. The van der Waals surface area contributed by atoms with Crippen molar-refractivity contribution in [3.05, 3.63) is 71.8 Å². The van der Waals surface area contributed by atoms with Crippen LogP contribution in [0.2, 0.25) is 0 Å². The third-order valence-electron chi connectivity index (χ3n) is 3.10. The van der Waals surface area contributed by atoms with E-state index in [-0.39, 0.29) is 13.2 Å². The minimum Gasteiger partial charge on any atom is -0.459 e. The summed E-state index contributed by atoms with van der Waals surface area (Å²) in [7, 11) is 0. The molecule has 6 heteroatoms. The Kier molecular flexibility index (Phi) is 6.52. The van der Waals surface area contributed by atoms with Gasteiger partial charge in [0.05, 0.1) is 0 Å². The number of hydrogen-bond donors (Lipinski definition) is 1. The summed E-state index contributed by atoms with van der Waals surface area (Å²) in [6, 6.07) is 16.7. The molecule has 0 aromatic heterocycles. The number of aldehydes is 1. The van der Waals surface area contributed by atoms with Crippen LogP contribution in [0, 0.1) is 0 Å². The maximum Gasteiger partial charge on any atom is 0.408 e. The van der Waals surface area contributed by atoms with Gasteiger partial charge < -0.3 is 19.6 Å². The van der Waals surface area contributed by atoms with E-state index in [9.17, 15) is 14.4 Å². The fraction of sp³-hybridized carbons (Fsp3) is 0.167. The van der Waals surface area contributed by atoms with E-state index in [4.69, 9.17) is 9.47 Å². The van der Waals surface area contributed by atoms with Crippen LogP contribution in [0.4, 0.5) is 4.79 Å². The van der Waals surface area contributed by atoms with Gasteiger partial charge >= 0.3 is 12.1 Å². The van der Waals surface area contributed by atoms with E-state index >= 15 is 0 Å². The Hall–Kier alpha value is -3.15. The molecule has 0 aliphatic carbocycles. The highest BCUT2D eigenvalue weighted by atomic mass is 16.6. The van der Waals surface area contributed by atoms with Crippen molar-refractivity contribution in [1.82, 2.24) is 5.32 Å². The number of esters is 1. The average Bonchev–Trinajstić information content (AvgIpc) is 2.64. The van der Waals surface area contributed by atoms with E-state index in [1.807, 2.05) is 24.3 Å². The molecule has 0 radical (unpaired) electrons. The summed E-state index contributed by atoms with van der Waals surface area (Å²) in [6.07, 6.45) is -0.565. The molecule has 24 heavy (non-hydrogen) atoms. The lowest BCUT2D eigenvalue weighted by atomic mass is 10.2. The lowest BCUT2D eigenvalue weighted by Gasteiger charge is -2.12. The van der Waals surface area contributed by atoms with Gasteiger partial charge in [-0.1, -0.05) is 60.7 Å². The summed E-state index contributed by atoms with van der Waals surface area (Å²) in [5.74, 6) is -0.842. The monoisotopic (exact) mass is 327 g/mol. The van der Waals surface area contributed by atoms with Crippen LogP contribution < -0.4 is 5.32 Å². The second kappa shape index (κ2) is 9.09. The lowest BCUT2D eigenvalue weighted by molar-refractivity contribution is -0.148. The van der Waals surface area contributed by atoms with E-state index < -0.39 is 18.1 Å². The van der Waals surface area contributed by atoms with E-state index in [1.165, 1.54) is 0 Å². The summed E-state index contributed by atoms with van der Waals surface area (Å²) < 4.78 is 9.96. The molecule has 0 bridgehead atoms. The molecule has 124 valence electrons. The standard InChI is InChI=1S/C18H17NO5/c20-11-16(17(21)23-12-14-7-3-1-4-8-14)19-18(22)24-13-15-9-5-2-6-10-15/h1-11,16H,12-13H2,(H,19,22). The summed E-state index contributed by atoms with van der Waals surface area (Å²) in [5.41, 5.74) is 1.57.